The van der Waals surface area contributed by atoms with E-state index < -0.39 is 22.6 Å². The summed E-state index contributed by atoms with van der Waals surface area (Å²) in [6.07, 6.45) is -2.28. The molecule has 0 spiro atoms. The van der Waals surface area contributed by atoms with E-state index in [0.29, 0.717) is 6.20 Å². The molecule has 0 saturated carbocycles. The summed E-state index contributed by atoms with van der Waals surface area (Å²) in [5, 5.41) is 10.1. The summed E-state index contributed by atoms with van der Waals surface area (Å²) >= 11 is 8.14. The number of hydrogen-bond acceptors (Lipinski definition) is 3. The van der Waals surface area contributed by atoms with Gasteiger partial charge in [-0.25, -0.2) is 13.8 Å². The first-order valence-electron chi connectivity index (χ1n) is 3.21. The van der Waals surface area contributed by atoms with E-state index in [4.69, 9.17) is 11.6 Å². The molecule has 4 nitrogen and oxygen atoms in total. The number of aromatic nitrogens is 1. The van der Waals surface area contributed by atoms with Crippen LogP contribution in [0.2, 0.25) is 5.15 Å². The van der Waals surface area contributed by atoms with Crippen LogP contribution in [-0.2, 0) is 0 Å². The van der Waals surface area contributed by atoms with Crippen molar-refractivity contribution in [1.82, 2.24) is 4.98 Å². The lowest BCUT2D eigenvalue weighted by Crippen LogP contribution is -1.99. The summed E-state index contributed by atoms with van der Waals surface area (Å²) in [5.74, 6) is 0. The second-order valence-electron chi connectivity index (χ2n) is 2.22. The monoisotopic (exact) mass is 286 g/mol. The van der Waals surface area contributed by atoms with Gasteiger partial charge in [-0.1, -0.05) is 11.6 Å². The van der Waals surface area contributed by atoms with Crippen molar-refractivity contribution in [1.29, 1.82) is 0 Å². The molecule has 1 rings (SSSR count). The molecule has 8 heteroatoms. The molecule has 0 unspecified atom stereocenters. The molecule has 0 radical (unpaired) electrons. The molecule has 1 aromatic rings. The van der Waals surface area contributed by atoms with Gasteiger partial charge in [-0.3, -0.25) is 10.1 Å². The van der Waals surface area contributed by atoms with Crippen LogP contribution in [0.25, 0.3) is 0 Å². The van der Waals surface area contributed by atoms with E-state index in [1.54, 1.807) is 0 Å². The predicted molar refractivity (Wildman–Crippen MR) is 48.6 cm³/mol. The molecule has 76 valence electrons. The Bertz CT molecular complexity index is 388. The Morgan fingerprint density at radius 1 is 1.64 bits per heavy atom. The Kier molecular flexibility index (Phi) is 3.33. The van der Waals surface area contributed by atoms with Gasteiger partial charge in [-0.05, 0) is 15.9 Å². The van der Waals surface area contributed by atoms with Crippen LogP contribution < -0.4 is 0 Å². The minimum atomic E-state index is -2.98. The lowest BCUT2D eigenvalue weighted by molar-refractivity contribution is -0.386. The summed E-state index contributed by atoms with van der Waals surface area (Å²) in [7, 11) is 0. The van der Waals surface area contributed by atoms with Crippen molar-refractivity contribution in [3.63, 3.8) is 0 Å². The van der Waals surface area contributed by atoms with Crippen LogP contribution in [-0.4, -0.2) is 9.91 Å². The number of halogens is 4. The summed E-state index contributed by atoms with van der Waals surface area (Å²) in [5.41, 5.74) is -1.51. The Hall–Kier alpha value is -0.820. The Morgan fingerprint density at radius 2 is 2.21 bits per heavy atom. The first-order chi connectivity index (χ1) is 6.45. The summed E-state index contributed by atoms with van der Waals surface area (Å²) in [6, 6.07) is 0. The molecular weight excluding hydrogens is 285 g/mol. The average molecular weight is 287 g/mol. The van der Waals surface area contributed by atoms with Gasteiger partial charge in [0.15, 0.2) is 0 Å². The molecule has 0 amide bonds. The second kappa shape index (κ2) is 4.14. The first-order valence-corrected chi connectivity index (χ1v) is 4.38. The van der Waals surface area contributed by atoms with Crippen molar-refractivity contribution in [2.24, 2.45) is 0 Å². The highest BCUT2D eigenvalue weighted by Crippen LogP contribution is 2.37. The van der Waals surface area contributed by atoms with E-state index in [1.165, 1.54) is 0 Å². The normalized spacial score (nSPS) is 10.6. The molecule has 0 aromatic carbocycles. The SMILES string of the molecule is O=[N+]([O-])c1cnc(Cl)c(Br)c1C(F)F. The molecule has 1 heterocycles. The maximum atomic E-state index is 12.4. The molecule has 0 aliphatic carbocycles. The van der Waals surface area contributed by atoms with Gasteiger partial charge in [0.1, 0.15) is 16.9 Å². The van der Waals surface area contributed by atoms with Gasteiger partial charge in [0.25, 0.3) is 12.1 Å². The van der Waals surface area contributed by atoms with Gasteiger partial charge in [0.2, 0.25) is 0 Å². The van der Waals surface area contributed by atoms with Crippen molar-refractivity contribution < 1.29 is 13.7 Å². The number of rotatable bonds is 2. The van der Waals surface area contributed by atoms with Crippen molar-refractivity contribution in [2.75, 3.05) is 0 Å². The number of nitro groups is 1. The van der Waals surface area contributed by atoms with Crippen molar-refractivity contribution in [3.8, 4) is 0 Å². The highest BCUT2D eigenvalue weighted by molar-refractivity contribution is 9.10. The van der Waals surface area contributed by atoms with Crippen molar-refractivity contribution >= 4 is 33.2 Å². The third-order valence-electron chi connectivity index (χ3n) is 1.41. The van der Waals surface area contributed by atoms with Gasteiger partial charge in [-0.15, -0.1) is 0 Å². The van der Waals surface area contributed by atoms with Gasteiger partial charge in [-0.2, -0.15) is 0 Å². The standard InChI is InChI=1S/C6H2BrClF2N2O2/c7-4-3(6(9)10)2(12(13)14)1-11-5(4)8/h1,6H. The van der Waals surface area contributed by atoms with E-state index in [-0.39, 0.29) is 9.63 Å². The first kappa shape index (κ1) is 11.3. The Labute approximate surface area is 90.2 Å². The zero-order chi connectivity index (χ0) is 10.9. The maximum absolute atomic E-state index is 12.4. The molecule has 0 bridgehead atoms. The van der Waals surface area contributed by atoms with Crippen LogP contribution in [0.15, 0.2) is 10.7 Å². The number of hydrogen-bond donors (Lipinski definition) is 0. The average Bonchev–Trinajstić information content (AvgIpc) is 2.08. The van der Waals surface area contributed by atoms with Gasteiger partial charge < -0.3 is 0 Å². The van der Waals surface area contributed by atoms with Crippen LogP contribution in [0.4, 0.5) is 14.5 Å². The van der Waals surface area contributed by atoms with E-state index in [1.807, 2.05) is 0 Å². The molecule has 0 aliphatic heterocycles. The van der Waals surface area contributed by atoms with Crippen LogP contribution in [0.3, 0.4) is 0 Å². The van der Waals surface area contributed by atoms with Crippen molar-refractivity contribution in [3.05, 3.63) is 31.5 Å². The third-order valence-corrected chi connectivity index (χ3v) is 2.73. The molecule has 0 atom stereocenters. The zero-order valence-electron chi connectivity index (χ0n) is 6.38. The quantitative estimate of drug-likeness (QED) is 0.476. The Balaban J connectivity index is 3.45. The summed E-state index contributed by atoms with van der Waals surface area (Å²) in [6.45, 7) is 0. The van der Waals surface area contributed by atoms with Crippen LogP contribution in [0, 0.1) is 10.1 Å². The molecule has 0 aliphatic rings. The lowest BCUT2D eigenvalue weighted by atomic mass is 10.2. The number of pyridine rings is 1. The predicted octanol–water partition coefficient (Wildman–Crippen LogP) is 3.34. The highest BCUT2D eigenvalue weighted by atomic mass is 79.9. The smallest absolute Gasteiger partial charge is 0.258 e. The van der Waals surface area contributed by atoms with Crippen LogP contribution in [0.5, 0.6) is 0 Å². The topological polar surface area (TPSA) is 56.0 Å². The molecule has 14 heavy (non-hydrogen) atoms. The number of nitrogens with zero attached hydrogens (tertiary/aromatic N) is 2. The molecular formula is C6H2BrClF2N2O2. The van der Waals surface area contributed by atoms with Crippen LogP contribution >= 0.6 is 27.5 Å². The largest absolute Gasteiger partial charge is 0.297 e. The fourth-order valence-electron chi connectivity index (χ4n) is 0.821. The van der Waals surface area contributed by atoms with E-state index in [2.05, 4.69) is 20.9 Å². The summed E-state index contributed by atoms with van der Waals surface area (Å²) in [4.78, 5) is 12.8. The molecule has 0 N–H and O–H groups in total. The number of alkyl halides is 2. The fourth-order valence-corrected chi connectivity index (χ4v) is 1.45. The van der Waals surface area contributed by atoms with Gasteiger partial charge >= 0.3 is 0 Å². The Morgan fingerprint density at radius 3 is 2.64 bits per heavy atom. The van der Waals surface area contributed by atoms with E-state index in [0.717, 1.165) is 0 Å². The molecule has 0 saturated heterocycles. The third kappa shape index (κ3) is 1.98. The van der Waals surface area contributed by atoms with E-state index in [9.17, 15) is 18.9 Å². The lowest BCUT2D eigenvalue weighted by Gasteiger charge is -2.04. The van der Waals surface area contributed by atoms with E-state index >= 15 is 0 Å². The summed E-state index contributed by atoms with van der Waals surface area (Å²) < 4.78 is 24.6. The van der Waals surface area contributed by atoms with Gasteiger partial charge in [0, 0.05) is 0 Å². The van der Waals surface area contributed by atoms with Crippen LogP contribution in [0.1, 0.15) is 12.0 Å². The molecule has 0 fully saturated rings. The molecule has 1 aromatic heterocycles. The van der Waals surface area contributed by atoms with Crippen molar-refractivity contribution in [2.45, 2.75) is 6.43 Å². The fraction of sp³-hybridized carbons (Fsp3) is 0.167. The maximum Gasteiger partial charge on any atom is 0.297 e. The minimum absolute atomic E-state index is 0.231. The van der Waals surface area contributed by atoms with Gasteiger partial charge in [0.05, 0.1) is 9.40 Å². The second-order valence-corrected chi connectivity index (χ2v) is 3.37. The zero-order valence-corrected chi connectivity index (χ0v) is 8.72. The highest BCUT2D eigenvalue weighted by Gasteiger charge is 2.27. The minimum Gasteiger partial charge on any atom is -0.258 e.